The molecule has 7 heteroatoms. The summed E-state index contributed by atoms with van der Waals surface area (Å²) in [6, 6.07) is 0.189. The molecule has 0 aliphatic heterocycles. The van der Waals surface area contributed by atoms with E-state index in [0.29, 0.717) is 18.2 Å². The minimum atomic E-state index is -0.797. The lowest BCUT2D eigenvalue weighted by Gasteiger charge is -2.22. The van der Waals surface area contributed by atoms with Crippen LogP contribution in [0.1, 0.15) is 12.7 Å². The fraction of sp³-hybridized carbons (Fsp3) is 0.778. The Labute approximate surface area is 102 Å². The predicted molar refractivity (Wildman–Crippen MR) is 67.4 cm³/mol. The van der Waals surface area contributed by atoms with Gasteiger partial charge in [0.05, 0.1) is 0 Å². The lowest BCUT2D eigenvalue weighted by molar-refractivity contribution is 0.179. The molecule has 5 nitrogen and oxygen atoms in total. The monoisotopic (exact) mass is 263 g/mol. The zero-order valence-electron chi connectivity index (χ0n) is 9.97. The summed E-state index contributed by atoms with van der Waals surface area (Å²) in [5.74, 6) is 1.33. The highest BCUT2D eigenvalue weighted by molar-refractivity contribution is 7.84. The summed E-state index contributed by atoms with van der Waals surface area (Å²) in [4.78, 5) is 6.34. The molecule has 1 heterocycles. The molecule has 0 spiro atoms. The van der Waals surface area contributed by atoms with Gasteiger partial charge in [-0.2, -0.15) is 4.37 Å². The highest BCUT2D eigenvalue weighted by atomic mass is 32.2. The van der Waals surface area contributed by atoms with Gasteiger partial charge in [0.15, 0.2) is 5.82 Å². The quantitative estimate of drug-likeness (QED) is 0.763. The van der Waals surface area contributed by atoms with E-state index < -0.39 is 10.8 Å². The lowest BCUT2D eigenvalue weighted by Crippen LogP contribution is -2.33. The van der Waals surface area contributed by atoms with Gasteiger partial charge in [-0.05, 0) is 6.92 Å². The highest BCUT2D eigenvalue weighted by Crippen LogP contribution is 2.18. The summed E-state index contributed by atoms with van der Waals surface area (Å²) in [7, 11) is 2.76. The van der Waals surface area contributed by atoms with Gasteiger partial charge in [-0.1, -0.05) is 0 Å². The van der Waals surface area contributed by atoms with Crippen molar-refractivity contribution in [3.05, 3.63) is 5.82 Å². The average Bonchev–Trinajstić information content (AvgIpc) is 2.64. The standard InChI is InChI=1S/C9H17N3O2S2/c1-7(6-16(4)13)12(2)9-10-8(5-14-3)11-15-9/h7H,5-6H2,1-4H3. The number of methoxy groups -OCH3 is 1. The van der Waals surface area contributed by atoms with E-state index in [2.05, 4.69) is 9.36 Å². The van der Waals surface area contributed by atoms with E-state index >= 15 is 0 Å². The molecule has 0 bridgehead atoms. The molecule has 1 aromatic rings. The van der Waals surface area contributed by atoms with Crippen LogP contribution in [0.25, 0.3) is 0 Å². The molecule has 92 valence electrons. The van der Waals surface area contributed by atoms with E-state index in [1.54, 1.807) is 13.4 Å². The van der Waals surface area contributed by atoms with Crippen LogP contribution in [0.5, 0.6) is 0 Å². The summed E-state index contributed by atoms with van der Waals surface area (Å²) in [6.07, 6.45) is 1.71. The van der Waals surface area contributed by atoms with Crippen LogP contribution in [0, 0.1) is 0 Å². The van der Waals surface area contributed by atoms with Crippen LogP contribution in [0.4, 0.5) is 5.13 Å². The minimum Gasteiger partial charge on any atom is -0.377 e. The zero-order valence-corrected chi connectivity index (χ0v) is 11.6. The van der Waals surface area contributed by atoms with Crippen molar-refractivity contribution >= 4 is 27.5 Å². The summed E-state index contributed by atoms with van der Waals surface area (Å²) in [6.45, 7) is 2.46. The molecule has 1 aromatic heterocycles. The van der Waals surface area contributed by atoms with Crippen molar-refractivity contribution in [3.8, 4) is 0 Å². The molecule has 0 saturated heterocycles. The molecular formula is C9H17N3O2S2. The van der Waals surface area contributed by atoms with E-state index in [4.69, 9.17) is 4.74 Å². The van der Waals surface area contributed by atoms with Gasteiger partial charge < -0.3 is 9.64 Å². The fourth-order valence-electron chi connectivity index (χ4n) is 1.22. The number of anilines is 1. The number of hydrogen-bond acceptors (Lipinski definition) is 6. The number of hydrogen-bond donors (Lipinski definition) is 0. The summed E-state index contributed by atoms with van der Waals surface area (Å²) < 4.78 is 20.3. The smallest absolute Gasteiger partial charge is 0.205 e. The number of ether oxygens (including phenoxy) is 1. The van der Waals surface area contributed by atoms with Gasteiger partial charge >= 0.3 is 0 Å². The van der Waals surface area contributed by atoms with Gasteiger partial charge in [0.25, 0.3) is 0 Å². The van der Waals surface area contributed by atoms with Crippen LogP contribution in [-0.4, -0.2) is 45.8 Å². The van der Waals surface area contributed by atoms with Crippen molar-refractivity contribution in [3.63, 3.8) is 0 Å². The van der Waals surface area contributed by atoms with Crippen molar-refractivity contribution in [2.24, 2.45) is 0 Å². The molecule has 0 amide bonds. The number of rotatable bonds is 6. The SMILES string of the molecule is COCc1nsc(N(C)C(C)CS(C)=O)n1. The van der Waals surface area contributed by atoms with E-state index in [0.717, 1.165) is 5.13 Å². The van der Waals surface area contributed by atoms with Crippen molar-refractivity contribution in [2.45, 2.75) is 19.6 Å². The zero-order chi connectivity index (χ0) is 12.1. The third kappa shape index (κ3) is 3.80. The van der Waals surface area contributed by atoms with Crippen molar-refractivity contribution < 1.29 is 8.95 Å². The van der Waals surface area contributed by atoms with Crippen molar-refractivity contribution in [1.29, 1.82) is 0 Å². The summed E-state index contributed by atoms with van der Waals surface area (Å²) in [5.41, 5.74) is 0. The summed E-state index contributed by atoms with van der Waals surface area (Å²) in [5, 5.41) is 0.838. The van der Waals surface area contributed by atoms with Crippen LogP contribution in [0.15, 0.2) is 0 Å². The topological polar surface area (TPSA) is 55.3 Å². The number of nitrogens with zero attached hydrogens (tertiary/aromatic N) is 3. The second-order valence-electron chi connectivity index (χ2n) is 3.63. The predicted octanol–water partition coefficient (Wildman–Crippen LogP) is 0.888. The molecule has 0 fully saturated rings. The van der Waals surface area contributed by atoms with E-state index in [9.17, 15) is 4.21 Å². The third-order valence-electron chi connectivity index (χ3n) is 2.17. The molecule has 0 aliphatic carbocycles. The molecule has 0 aliphatic rings. The van der Waals surface area contributed by atoms with Crippen LogP contribution >= 0.6 is 11.5 Å². The average molecular weight is 263 g/mol. The van der Waals surface area contributed by atoms with Gasteiger partial charge in [-0.15, -0.1) is 0 Å². The molecule has 16 heavy (non-hydrogen) atoms. The second-order valence-corrected chi connectivity index (χ2v) is 5.84. The lowest BCUT2D eigenvalue weighted by atomic mass is 10.4. The molecule has 0 radical (unpaired) electrons. The van der Waals surface area contributed by atoms with Crippen molar-refractivity contribution in [1.82, 2.24) is 9.36 Å². The van der Waals surface area contributed by atoms with Crippen LogP contribution in [0.3, 0.4) is 0 Å². The Morgan fingerprint density at radius 3 is 2.88 bits per heavy atom. The van der Waals surface area contributed by atoms with E-state index in [1.807, 2.05) is 18.9 Å². The third-order valence-corrected chi connectivity index (χ3v) is 3.97. The van der Waals surface area contributed by atoms with Gasteiger partial charge in [0.1, 0.15) is 6.61 Å². The first-order chi connectivity index (χ1) is 7.54. The maximum atomic E-state index is 11.1. The first-order valence-electron chi connectivity index (χ1n) is 4.89. The first-order valence-corrected chi connectivity index (χ1v) is 7.39. The Morgan fingerprint density at radius 2 is 2.31 bits per heavy atom. The van der Waals surface area contributed by atoms with Crippen LogP contribution in [-0.2, 0) is 22.1 Å². The van der Waals surface area contributed by atoms with E-state index in [-0.39, 0.29) is 6.04 Å². The van der Waals surface area contributed by atoms with Gasteiger partial charge in [0, 0.05) is 54.5 Å². The maximum absolute atomic E-state index is 11.1. The normalized spacial score (nSPS) is 14.8. The fourth-order valence-corrected chi connectivity index (χ4v) is 2.85. The molecular weight excluding hydrogens is 246 g/mol. The van der Waals surface area contributed by atoms with Crippen LogP contribution < -0.4 is 4.90 Å². The maximum Gasteiger partial charge on any atom is 0.205 e. The van der Waals surface area contributed by atoms with Crippen molar-refractivity contribution in [2.75, 3.05) is 31.1 Å². The molecule has 0 saturated carbocycles. The second kappa shape index (κ2) is 6.27. The Balaban J connectivity index is 2.64. The molecule has 2 atom stereocenters. The van der Waals surface area contributed by atoms with Gasteiger partial charge in [-0.25, -0.2) is 4.98 Å². The molecule has 1 rings (SSSR count). The Kier molecular flexibility index (Phi) is 5.30. The molecule has 0 N–H and O–H groups in total. The molecule has 2 unspecified atom stereocenters. The Bertz CT molecular complexity index is 356. The first kappa shape index (κ1) is 13.5. The Hall–Kier alpha value is -0.530. The molecule has 0 aromatic carbocycles. The highest BCUT2D eigenvalue weighted by Gasteiger charge is 2.15. The summed E-state index contributed by atoms with van der Waals surface area (Å²) >= 11 is 1.34. The van der Waals surface area contributed by atoms with Gasteiger partial charge in [-0.3, -0.25) is 4.21 Å². The Morgan fingerprint density at radius 1 is 1.62 bits per heavy atom. The number of aromatic nitrogens is 2. The van der Waals surface area contributed by atoms with E-state index in [1.165, 1.54) is 11.5 Å². The van der Waals surface area contributed by atoms with Gasteiger partial charge in [0.2, 0.25) is 5.13 Å². The largest absolute Gasteiger partial charge is 0.377 e. The minimum absolute atomic E-state index is 0.189. The van der Waals surface area contributed by atoms with Crippen LogP contribution in [0.2, 0.25) is 0 Å².